The first kappa shape index (κ1) is 24.4. The number of nitrogens with zero attached hydrogens (tertiary/aromatic N) is 4. The van der Waals surface area contributed by atoms with Crippen LogP contribution in [0.25, 0.3) is 10.9 Å². The van der Waals surface area contributed by atoms with E-state index in [1.165, 1.54) is 31.5 Å². The van der Waals surface area contributed by atoms with Crippen molar-refractivity contribution < 1.29 is 19.2 Å². The molecule has 13 heteroatoms. The summed E-state index contributed by atoms with van der Waals surface area (Å²) in [6.07, 6.45) is 4.70. The van der Waals surface area contributed by atoms with Crippen LogP contribution in [0.3, 0.4) is 0 Å². The van der Waals surface area contributed by atoms with Crippen molar-refractivity contribution in [2.24, 2.45) is 5.41 Å². The van der Waals surface area contributed by atoms with Crippen LogP contribution < -0.4 is 10.1 Å². The number of ketones is 1. The number of thioether (sulfide) groups is 1. The summed E-state index contributed by atoms with van der Waals surface area (Å²) in [5.74, 6) is -0.206. The number of nitro groups is 1. The number of aromatic amines is 2. The molecular weight excluding hydrogens is 534 g/mol. The maximum Gasteiger partial charge on any atom is 0.269 e. The average molecular weight is 556 g/mol. The molecule has 3 N–H and O–H groups in total. The highest BCUT2D eigenvalue weighted by molar-refractivity contribution is 7.99. The standard InChI is InChI=1S/C27H21N7O5S/c1-39-15-3-5-19-16(9-15)17(10-31-19)23(35)26(12-28)22(24-29-6-7-30-24)21-11-40-13-33(21)27(26)18-8-14(34(37)38)2-4-20(18)32-25(27)36/h2-10,21-22,31H,11,13H2,1H3,(H,29,30)(H,32,36)/t21?,22-,26+,27-/m1/s1. The van der Waals surface area contributed by atoms with Crippen LogP contribution in [0.4, 0.5) is 11.4 Å². The van der Waals surface area contributed by atoms with E-state index in [1.54, 1.807) is 42.4 Å². The Hall–Kier alpha value is -4.67. The number of nitro benzene ring substituents is 1. The second-order valence-electron chi connectivity index (χ2n) is 10.0. The number of hydrogen-bond acceptors (Lipinski definition) is 9. The monoisotopic (exact) mass is 555 g/mol. The molecular formula is C27H21N7O5S. The highest BCUT2D eigenvalue weighted by Crippen LogP contribution is 2.67. The number of benzene rings is 2. The fraction of sp³-hybridized carbons (Fsp3) is 0.259. The third-order valence-electron chi connectivity index (χ3n) is 8.43. The number of nitrogens with one attached hydrogen (secondary N) is 3. The van der Waals surface area contributed by atoms with E-state index in [2.05, 4.69) is 26.3 Å². The number of carbonyl (C=O) groups is 2. The molecule has 4 atom stereocenters. The van der Waals surface area contributed by atoms with Crippen LogP contribution in [0.2, 0.25) is 0 Å². The van der Waals surface area contributed by atoms with Crippen molar-refractivity contribution >= 4 is 45.7 Å². The van der Waals surface area contributed by atoms with E-state index in [4.69, 9.17) is 4.74 Å². The molecule has 1 unspecified atom stereocenters. The van der Waals surface area contributed by atoms with E-state index in [9.17, 15) is 20.2 Å². The molecule has 1 amide bonds. The van der Waals surface area contributed by atoms with E-state index in [1.807, 2.05) is 4.90 Å². The first-order valence-corrected chi connectivity index (χ1v) is 13.6. The summed E-state index contributed by atoms with van der Waals surface area (Å²) >= 11 is 1.57. The molecule has 0 radical (unpaired) electrons. The number of amides is 1. The van der Waals surface area contributed by atoms with Crippen molar-refractivity contribution in [3.05, 3.63) is 82.1 Å². The number of anilines is 1. The topological polar surface area (TPSA) is 170 Å². The van der Waals surface area contributed by atoms with Gasteiger partial charge in [-0.2, -0.15) is 5.26 Å². The predicted molar refractivity (Wildman–Crippen MR) is 145 cm³/mol. The van der Waals surface area contributed by atoms with Gasteiger partial charge in [-0.05, 0) is 24.3 Å². The van der Waals surface area contributed by atoms with Gasteiger partial charge in [0, 0.05) is 76.1 Å². The summed E-state index contributed by atoms with van der Waals surface area (Å²) < 4.78 is 5.39. The van der Waals surface area contributed by atoms with E-state index < -0.39 is 39.5 Å². The molecule has 2 saturated heterocycles. The van der Waals surface area contributed by atoms with Crippen LogP contribution >= 0.6 is 11.8 Å². The molecule has 1 spiro atoms. The molecule has 0 aliphatic carbocycles. The third kappa shape index (κ3) is 2.81. The number of aromatic nitrogens is 3. The zero-order valence-electron chi connectivity index (χ0n) is 21.0. The lowest BCUT2D eigenvalue weighted by Gasteiger charge is -2.41. The summed E-state index contributed by atoms with van der Waals surface area (Å²) in [6.45, 7) is 0. The van der Waals surface area contributed by atoms with E-state index >= 15 is 4.79 Å². The second-order valence-corrected chi connectivity index (χ2v) is 11.0. The molecule has 2 fully saturated rings. The van der Waals surface area contributed by atoms with Gasteiger partial charge in [-0.3, -0.25) is 24.6 Å². The molecule has 0 bridgehead atoms. The molecule has 0 saturated carbocycles. The molecule has 3 aliphatic rings. The van der Waals surface area contributed by atoms with Crippen LogP contribution in [0.1, 0.15) is 27.7 Å². The summed E-state index contributed by atoms with van der Waals surface area (Å²) in [6, 6.07) is 11.2. The summed E-state index contributed by atoms with van der Waals surface area (Å²) in [7, 11) is 1.52. The zero-order chi connectivity index (χ0) is 27.8. The number of H-pyrrole nitrogens is 2. The Morgan fingerprint density at radius 1 is 1.30 bits per heavy atom. The zero-order valence-corrected chi connectivity index (χ0v) is 21.8. The number of ether oxygens (including phenoxy) is 1. The minimum absolute atomic E-state index is 0.215. The summed E-state index contributed by atoms with van der Waals surface area (Å²) in [5.41, 5.74) is -2.70. The van der Waals surface area contributed by atoms with Crippen molar-refractivity contribution in [1.29, 1.82) is 5.26 Å². The lowest BCUT2D eigenvalue weighted by atomic mass is 9.59. The Morgan fingerprint density at radius 3 is 2.88 bits per heavy atom. The number of imidazole rings is 1. The number of nitriles is 1. The maximum atomic E-state index is 15.1. The molecule has 3 aliphatic heterocycles. The maximum absolute atomic E-state index is 15.1. The van der Waals surface area contributed by atoms with Crippen molar-refractivity contribution in [1.82, 2.24) is 19.9 Å². The van der Waals surface area contributed by atoms with Crippen LogP contribution in [-0.4, -0.2) is 61.2 Å². The second kappa shape index (κ2) is 8.41. The number of methoxy groups -OCH3 is 1. The van der Waals surface area contributed by atoms with E-state index in [0.717, 1.165) is 0 Å². The molecule has 2 aromatic heterocycles. The first-order chi connectivity index (χ1) is 19.4. The average Bonchev–Trinajstić information content (AvgIpc) is 3.78. The third-order valence-corrected chi connectivity index (χ3v) is 9.47. The van der Waals surface area contributed by atoms with Crippen molar-refractivity contribution in [3.63, 3.8) is 0 Å². The molecule has 200 valence electrons. The molecule has 40 heavy (non-hydrogen) atoms. The number of Topliss-reactive ketones (excluding diaryl/α,β-unsaturated/α-hetero) is 1. The van der Waals surface area contributed by atoms with Gasteiger partial charge in [0.2, 0.25) is 0 Å². The quantitative estimate of drug-likeness (QED) is 0.189. The number of carbonyl (C=O) groups excluding carboxylic acids is 2. The lowest BCUT2D eigenvalue weighted by molar-refractivity contribution is -0.385. The Morgan fingerprint density at radius 2 is 2.15 bits per heavy atom. The first-order valence-electron chi connectivity index (χ1n) is 12.4. The lowest BCUT2D eigenvalue weighted by Crippen LogP contribution is -2.59. The SMILES string of the molecule is COc1ccc2[nH]cc(C(=O)[C@]3(C#N)[C@@H](c4ncc[nH]4)C4CSCN4[C@]34C(=O)Nc3ccc([N+](=O)[O-])cc34)c2c1. The minimum atomic E-state index is -2.04. The van der Waals surface area contributed by atoms with Crippen LogP contribution in [-0.2, 0) is 10.3 Å². The van der Waals surface area contributed by atoms with Gasteiger partial charge in [0.1, 0.15) is 11.6 Å². The number of hydrogen-bond donors (Lipinski definition) is 3. The highest BCUT2D eigenvalue weighted by atomic mass is 32.2. The predicted octanol–water partition coefficient (Wildman–Crippen LogP) is 3.52. The van der Waals surface area contributed by atoms with Gasteiger partial charge in [0.15, 0.2) is 16.7 Å². The van der Waals surface area contributed by atoms with Crippen molar-refractivity contribution in [3.8, 4) is 11.8 Å². The van der Waals surface area contributed by atoms with Crippen LogP contribution in [0.15, 0.2) is 55.0 Å². The fourth-order valence-corrected chi connectivity index (χ4v) is 8.15. The van der Waals surface area contributed by atoms with Gasteiger partial charge in [0.05, 0.1) is 24.0 Å². The molecule has 5 heterocycles. The Bertz CT molecular complexity index is 1780. The molecule has 2 aromatic carbocycles. The van der Waals surface area contributed by atoms with E-state index in [0.29, 0.717) is 39.8 Å². The molecule has 7 rings (SSSR count). The van der Waals surface area contributed by atoms with Gasteiger partial charge in [0.25, 0.3) is 11.6 Å². The van der Waals surface area contributed by atoms with Gasteiger partial charge in [-0.25, -0.2) is 4.98 Å². The smallest absolute Gasteiger partial charge is 0.269 e. The van der Waals surface area contributed by atoms with Gasteiger partial charge in [-0.15, -0.1) is 11.8 Å². The van der Waals surface area contributed by atoms with Gasteiger partial charge >= 0.3 is 0 Å². The van der Waals surface area contributed by atoms with Gasteiger partial charge in [-0.1, -0.05) is 0 Å². The highest BCUT2D eigenvalue weighted by Gasteiger charge is 2.79. The molecule has 4 aromatic rings. The number of fused-ring (bicyclic) bond motifs is 5. The molecule has 12 nitrogen and oxygen atoms in total. The van der Waals surface area contributed by atoms with Crippen LogP contribution in [0, 0.1) is 26.9 Å². The Labute approximate surface area is 230 Å². The van der Waals surface area contributed by atoms with Crippen molar-refractivity contribution in [2.45, 2.75) is 17.5 Å². The minimum Gasteiger partial charge on any atom is -0.497 e. The number of non-ortho nitro benzene ring substituents is 1. The summed E-state index contributed by atoms with van der Waals surface area (Å²) in [5, 5.41) is 26.5. The summed E-state index contributed by atoms with van der Waals surface area (Å²) in [4.78, 5) is 53.2. The van der Waals surface area contributed by atoms with E-state index in [-0.39, 0.29) is 16.8 Å². The normalized spacial score (nSPS) is 26.9. The van der Waals surface area contributed by atoms with Crippen molar-refractivity contribution in [2.75, 3.05) is 24.1 Å². The fourth-order valence-electron chi connectivity index (χ4n) is 6.85. The largest absolute Gasteiger partial charge is 0.497 e. The van der Waals surface area contributed by atoms with Crippen LogP contribution in [0.5, 0.6) is 5.75 Å². The van der Waals surface area contributed by atoms with Gasteiger partial charge < -0.3 is 20.0 Å². The Kier molecular flexibility index (Phi) is 5.13. The number of rotatable bonds is 5. The Balaban J connectivity index is 1.58.